The lowest BCUT2D eigenvalue weighted by Crippen LogP contribution is -2.10. The van der Waals surface area contributed by atoms with Gasteiger partial charge >= 0.3 is 0 Å². The normalized spacial score (nSPS) is 11.5. The number of nitrogens with zero attached hydrogens (tertiary/aromatic N) is 1. The average Bonchev–Trinajstić information content (AvgIpc) is 2.37. The van der Waals surface area contributed by atoms with Gasteiger partial charge in [-0.2, -0.15) is 5.26 Å². The third-order valence-electron chi connectivity index (χ3n) is 2.43. The molecule has 0 spiro atoms. The highest BCUT2D eigenvalue weighted by Crippen LogP contribution is 2.39. The van der Waals surface area contributed by atoms with Crippen LogP contribution in [0.3, 0.4) is 0 Å². The van der Waals surface area contributed by atoms with Gasteiger partial charge in [0.25, 0.3) is 0 Å². The minimum absolute atomic E-state index is 0.235. The smallest absolute Gasteiger partial charge is 0.203 e. The molecule has 1 atom stereocenters. The van der Waals surface area contributed by atoms with E-state index in [0.717, 1.165) is 5.56 Å². The average molecular weight is 236 g/mol. The molecule has 0 saturated heterocycles. The number of rotatable bonds is 5. The van der Waals surface area contributed by atoms with Crippen LogP contribution < -0.4 is 19.9 Å². The van der Waals surface area contributed by atoms with Crippen molar-refractivity contribution in [3.63, 3.8) is 0 Å². The van der Waals surface area contributed by atoms with Crippen LogP contribution in [0.2, 0.25) is 0 Å². The number of hydrogen-bond donors (Lipinski definition) is 1. The first-order valence-electron chi connectivity index (χ1n) is 5.10. The van der Waals surface area contributed by atoms with E-state index < -0.39 is 0 Å². The summed E-state index contributed by atoms with van der Waals surface area (Å²) in [5.41, 5.74) is 6.65. The van der Waals surface area contributed by atoms with Crippen molar-refractivity contribution in [1.29, 1.82) is 5.26 Å². The molecular formula is C12H16N2O3. The molecular weight excluding hydrogens is 220 g/mol. The van der Waals surface area contributed by atoms with Crippen LogP contribution in [0.4, 0.5) is 0 Å². The van der Waals surface area contributed by atoms with Gasteiger partial charge in [0.1, 0.15) is 0 Å². The zero-order valence-electron chi connectivity index (χ0n) is 10.2. The molecule has 5 heteroatoms. The summed E-state index contributed by atoms with van der Waals surface area (Å²) in [5.74, 6) is 1.59. The Bertz CT molecular complexity index is 401. The van der Waals surface area contributed by atoms with Crippen molar-refractivity contribution in [2.75, 3.05) is 21.3 Å². The molecule has 1 aromatic carbocycles. The third-order valence-corrected chi connectivity index (χ3v) is 2.43. The fourth-order valence-electron chi connectivity index (χ4n) is 1.53. The second-order valence-corrected chi connectivity index (χ2v) is 3.43. The van der Waals surface area contributed by atoms with E-state index in [0.29, 0.717) is 17.2 Å². The van der Waals surface area contributed by atoms with Crippen LogP contribution in [0.15, 0.2) is 12.1 Å². The molecule has 2 N–H and O–H groups in total. The second kappa shape index (κ2) is 5.97. The van der Waals surface area contributed by atoms with E-state index in [1.165, 1.54) is 21.3 Å². The van der Waals surface area contributed by atoms with Crippen molar-refractivity contribution in [3.05, 3.63) is 17.7 Å². The standard InChI is InChI=1S/C12H16N2O3/c1-15-10-6-8(9(14)4-5-13)7-11(16-2)12(10)17-3/h6-7,9H,4,14H2,1-3H3. The van der Waals surface area contributed by atoms with Crippen LogP contribution in [0, 0.1) is 11.3 Å². The molecule has 0 aliphatic heterocycles. The van der Waals surface area contributed by atoms with Crippen LogP contribution in [0.1, 0.15) is 18.0 Å². The van der Waals surface area contributed by atoms with Crippen molar-refractivity contribution >= 4 is 0 Å². The van der Waals surface area contributed by atoms with E-state index in [4.69, 9.17) is 25.2 Å². The van der Waals surface area contributed by atoms with E-state index in [-0.39, 0.29) is 12.5 Å². The monoisotopic (exact) mass is 236 g/mol. The van der Waals surface area contributed by atoms with Crippen LogP contribution in [-0.4, -0.2) is 21.3 Å². The molecule has 0 bridgehead atoms. The zero-order valence-corrected chi connectivity index (χ0v) is 10.2. The topological polar surface area (TPSA) is 77.5 Å². The van der Waals surface area contributed by atoms with E-state index in [1.54, 1.807) is 12.1 Å². The Labute approximate surface area is 101 Å². The lowest BCUT2D eigenvalue weighted by Gasteiger charge is -2.16. The summed E-state index contributed by atoms with van der Waals surface area (Å²) in [5, 5.41) is 8.63. The van der Waals surface area contributed by atoms with Gasteiger partial charge in [-0.3, -0.25) is 0 Å². The Morgan fingerprint density at radius 2 is 1.71 bits per heavy atom. The van der Waals surface area contributed by atoms with Gasteiger partial charge in [0.05, 0.1) is 33.8 Å². The van der Waals surface area contributed by atoms with Gasteiger partial charge < -0.3 is 19.9 Å². The van der Waals surface area contributed by atoms with E-state index in [9.17, 15) is 0 Å². The summed E-state index contributed by atoms with van der Waals surface area (Å²) in [7, 11) is 4.61. The maximum atomic E-state index is 8.63. The van der Waals surface area contributed by atoms with Crippen LogP contribution in [0.25, 0.3) is 0 Å². The summed E-state index contributed by atoms with van der Waals surface area (Å²) in [4.78, 5) is 0. The van der Waals surface area contributed by atoms with Crippen molar-refractivity contribution < 1.29 is 14.2 Å². The highest BCUT2D eigenvalue weighted by atomic mass is 16.5. The molecule has 0 aromatic heterocycles. The minimum Gasteiger partial charge on any atom is -0.493 e. The first-order chi connectivity index (χ1) is 8.17. The molecule has 0 radical (unpaired) electrons. The molecule has 0 aliphatic rings. The molecule has 1 rings (SSSR count). The quantitative estimate of drug-likeness (QED) is 0.840. The SMILES string of the molecule is COc1cc(C(N)CC#N)cc(OC)c1OC. The molecule has 17 heavy (non-hydrogen) atoms. The van der Waals surface area contributed by atoms with Gasteiger partial charge in [0.2, 0.25) is 5.75 Å². The van der Waals surface area contributed by atoms with Crippen molar-refractivity contribution in [2.24, 2.45) is 5.73 Å². The Morgan fingerprint density at radius 3 is 2.06 bits per heavy atom. The van der Waals surface area contributed by atoms with E-state index >= 15 is 0 Å². The highest BCUT2D eigenvalue weighted by molar-refractivity contribution is 5.54. The molecule has 0 amide bonds. The molecule has 0 aliphatic carbocycles. The summed E-state index contributed by atoms with van der Waals surface area (Å²) in [6.07, 6.45) is 0.235. The van der Waals surface area contributed by atoms with Crippen molar-refractivity contribution in [1.82, 2.24) is 0 Å². The van der Waals surface area contributed by atoms with Gasteiger partial charge in [0, 0.05) is 6.04 Å². The van der Waals surface area contributed by atoms with Crippen molar-refractivity contribution in [3.8, 4) is 23.3 Å². The number of nitrogens with two attached hydrogens (primary N) is 1. The fraction of sp³-hybridized carbons (Fsp3) is 0.417. The first-order valence-corrected chi connectivity index (χ1v) is 5.10. The third kappa shape index (κ3) is 2.80. The number of benzene rings is 1. The number of hydrogen-bond acceptors (Lipinski definition) is 5. The summed E-state index contributed by atoms with van der Waals surface area (Å²) >= 11 is 0. The molecule has 0 heterocycles. The summed E-state index contributed by atoms with van der Waals surface area (Å²) in [6.45, 7) is 0. The molecule has 0 saturated carbocycles. The first kappa shape index (κ1) is 13.1. The predicted octanol–water partition coefficient (Wildman–Crippen LogP) is 1.63. The highest BCUT2D eigenvalue weighted by Gasteiger charge is 2.16. The lowest BCUT2D eigenvalue weighted by atomic mass is 10.0. The van der Waals surface area contributed by atoms with Crippen LogP contribution in [0.5, 0.6) is 17.2 Å². The second-order valence-electron chi connectivity index (χ2n) is 3.43. The summed E-state index contributed by atoms with van der Waals surface area (Å²) in [6, 6.07) is 5.17. The van der Waals surface area contributed by atoms with Gasteiger partial charge in [-0.1, -0.05) is 0 Å². The molecule has 1 unspecified atom stereocenters. The Balaban J connectivity index is 3.22. The summed E-state index contributed by atoms with van der Waals surface area (Å²) < 4.78 is 15.6. The zero-order chi connectivity index (χ0) is 12.8. The van der Waals surface area contributed by atoms with E-state index in [1.807, 2.05) is 6.07 Å². The largest absolute Gasteiger partial charge is 0.493 e. The number of nitriles is 1. The Kier molecular flexibility index (Phi) is 4.61. The molecule has 5 nitrogen and oxygen atoms in total. The maximum absolute atomic E-state index is 8.63. The van der Waals surface area contributed by atoms with Gasteiger partial charge in [-0.05, 0) is 17.7 Å². The lowest BCUT2D eigenvalue weighted by molar-refractivity contribution is 0.323. The Hall–Kier alpha value is -1.93. The molecule has 92 valence electrons. The minimum atomic E-state index is -0.367. The fourth-order valence-corrected chi connectivity index (χ4v) is 1.53. The molecule has 1 aromatic rings. The van der Waals surface area contributed by atoms with Crippen molar-refractivity contribution in [2.45, 2.75) is 12.5 Å². The molecule has 0 fully saturated rings. The van der Waals surface area contributed by atoms with Gasteiger partial charge in [0.15, 0.2) is 11.5 Å². The predicted molar refractivity (Wildman–Crippen MR) is 63.3 cm³/mol. The Morgan fingerprint density at radius 1 is 1.18 bits per heavy atom. The number of ether oxygens (including phenoxy) is 3. The number of methoxy groups -OCH3 is 3. The van der Waals surface area contributed by atoms with Crippen LogP contribution >= 0.6 is 0 Å². The van der Waals surface area contributed by atoms with Crippen LogP contribution in [-0.2, 0) is 0 Å². The van der Waals surface area contributed by atoms with Gasteiger partial charge in [-0.25, -0.2) is 0 Å². The maximum Gasteiger partial charge on any atom is 0.203 e. The van der Waals surface area contributed by atoms with Gasteiger partial charge in [-0.15, -0.1) is 0 Å². The van der Waals surface area contributed by atoms with E-state index in [2.05, 4.69) is 0 Å².